The summed E-state index contributed by atoms with van der Waals surface area (Å²) in [6.45, 7) is 9.11. The second-order valence-electron chi connectivity index (χ2n) is 31.7. The standard InChI is InChI=1S/2C45H90O4S.Ca/c2*1-3-5-7-9-11-13-15-17-19-20-21-22-23-24-25-26-27-28-29-31-33-35-37-39-41-43-45(44-49-50(46,47)48)42-40-38-36-34-32-30-18-16-14-12-10-8-6-4-2;/h2*40,42,45H,3-39,41,43-44H2,1-2H3,(H,46,47,48);/q;;+2/p-2/b2*42-40+;. The van der Waals surface area contributed by atoms with Gasteiger partial charge in [-0.1, -0.05) is 514 Å². The zero-order valence-corrected chi connectivity index (χ0v) is 72.7. The van der Waals surface area contributed by atoms with E-state index in [-0.39, 0.29) is 62.8 Å². The van der Waals surface area contributed by atoms with Crippen molar-refractivity contribution in [2.75, 3.05) is 13.2 Å². The van der Waals surface area contributed by atoms with Crippen LogP contribution in [0.5, 0.6) is 0 Å². The molecule has 0 aromatic rings. The van der Waals surface area contributed by atoms with Crippen molar-refractivity contribution in [3.05, 3.63) is 24.3 Å². The Labute approximate surface area is 665 Å². The van der Waals surface area contributed by atoms with Gasteiger partial charge in [-0.2, -0.15) is 0 Å². The van der Waals surface area contributed by atoms with Gasteiger partial charge in [-0.3, -0.25) is 8.37 Å². The van der Waals surface area contributed by atoms with Crippen molar-refractivity contribution in [2.45, 2.75) is 529 Å². The number of allylic oxidation sites excluding steroid dienone is 2. The maximum absolute atomic E-state index is 11.0. The molecule has 0 aliphatic heterocycles. The monoisotopic (exact) mass is 1490 g/mol. The molecular formula is C90H178CaO8S2. The van der Waals surface area contributed by atoms with Crippen LogP contribution in [0.2, 0.25) is 0 Å². The molecule has 2 atom stereocenters. The van der Waals surface area contributed by atoms with E-state index in [0.29, 0.717) is 0 Å². The Balaban J connectivity index is -0.00000188. The predicted molar refractivity (Wildman–Crippen MR) is 445 cm³/mol. The fraction of sp³-hybridized carbons (Fsp3) is 0.956. The normalized spacial score (nSPS) is 12.7. The van der Waals surface area contributed by atoms with Crippen LogP contribution in [0.15, 0.2) is 24.3 Å². The van der Waals surface area contributed by atoms with Crippen LogP contribution >= 0.6 is 0 Å². The van der Waals surface area contributed by atoms with Gasteiger partial charge in [-0.05, 0) is 38.5 Å². The molecule has 0 fully saturated rings. The second kappa shape index (κ2) is 91.1. The molecule has 0 aliphatic carbocycles. The van der Waals surface area contributed by atoms with Crippen LogP contribution in [0.25, 0.3) is 0 Å². The van der Waals surface area contributed by atoms with Gasteiger partial charge < -0.3 is 9.11 Å². The number of rotatable bonds is 86. The molecule has 0 aromatic heterocycles. The minimum absolute atomic E-state index is 0. The molecule has 11 heteroatoms. The maximum atomic E-state index is 11.0. The first-order valence-corrected chi connectivity index (χ1v) is 48.2. The molecule has 101 heavy (non-hydrogen) atoms. The van der Waals surface area contributed by atoms with Crippen molar-refractivity contribution in [2.24, 2.45) is 11.8 Å². The van der Waals surface area contributed by atoms with E-state index in [1.54, 1.807) is 0 Å². The zero-order valence-electron chi connectivity index (χ0n) is 68.8. The molecule has 8 nitrogen and oxygen atoms in total. The van der Waals surface area contributed by atoms with Crippen LogP contribution in [-0.2, 0) is 29.2 Å². The number of unbranched alkanes of at least 4 members (excludes halogenated alkanes) is 72. The third kappa shape index (κ3) is 100. The smallest absolute Gasteiger partial charge is 0.726 e. The average molecular weight is 1490 g/mol. The fourth-order valence-electron chi connectivity index (χ4n) is 14.7. The fourth-order valence-corrected chi connectivity index (χ4v) is 15.4. The molecule has 2 unspecified atom stereocenters. The Morgan fingerprint density at radius 3 is 0.485 bits per heavy atom. The third-order valence-corrected chi connectivity index (χ3v) is 22.3. The quantitative estimate of drug-likeness (QED) is 0.0193. The van der Waals surface area contributed by atoms with Crippen molar-refractivity contribution >= 4 is 58.5 Å². The van der Waals surface area contributed by atoms with E-state index in [1.165, 1.54) is 462 Å². The van der Waals surface area contributed by atoms with E-state index in [0.717, 1.165) is 38.5 Å². The second-order valence-corrected chi connectivity index (χ2v) is 33.8. The first-order chi connectivity index (χ1) is 49.0. The Morgan fingerprint density at radius 1 is 0.218 bits per heavy atom. The van der Waals surface area contributed by atoms with Gasteiger partial charge in [-0.25, -0.2) is 16.8 Å². The SMILES string of the molecule is CCCCCCCCCCCCCC/C=C/C(CCCCCCCCCCCCCCCCCCCCCCCCCCC)COS(=O)(=O)[O-].CCCCCCCCCCCCCC/C=C/C(CCCCCCCCCCCCCCCCCCCCCCCCCCC)COS(=O)(=O)[O-].[Ca+2]. The van der Waals surface area contributed by atoms with Crippen molar-refractivity contribution in [3.63, 3.8) is 0 Å². The third-order valence-electron chi connectivity index (χ3n) is 21.5. The summed E-state index contributed by atoms with van der Waals surface area (Å²) in [6.07, 6.45) is 114. The van der Waals surface area contributed by atoms with Crippen LogP contribution in [0.3, 0.4) is 0 Å². The molecule has 0 saturated carbocycles. The van der Waals surface area contributed by atoms with E-state index in [2.05, 4.69) is 60.4 Å². The Hall–Kier alpha value is 0.480. The summed E-state index contributed by atoms with van der Waals surface area (Å²) in [5.74, 6) is 0.0289. The van der Waals surface area contributed by atoms with E-state index < -0.39 is 20.8 Å². The van der Waals surface area contributed by atoms with Crippen LogP contribution in [-0.4, -0.2) is 76.9 Å². The van der Waals surface area contributed by atoms with Gasteiger partial charge in [0.2, 0.25) is 20.8 Å². The summed E-state index contributed by atoms with van der Waals surface area (Å²) >= 11 is 0. The molecule has 0 heterocycles. The van der Waals surface area contributed by atoms with Gasteiger partial charge in [0, 0.05) is 11.8 Å². The Bertz CT molecular complexity index is 1670. The molecule has 0 bridgehead atoms. The molecule has 0 rings (SSSR count). The summed E-state index contributed by atoms with van der Waals surface area (Å²) in [7, 11) is -9.26. The first kappa shape index (κ1) is 106. The maximum Gasteiger partial charge on any atom is 2.00 e. The molecule has 0 aliphatic rings. The van der Waals surface area contributed by atoms with E-state index >= 15 is 0 Å². The molecule has 0 spiro atoms. The van der Waals surface area contributed by atoms with Crippen LogP contribution in [0.4, 0.5) is 0 Å². The van der Waals surface area contributed by atoms with Gasteiger partial charge >= 0.3 is 37.7 Å². The van der Waals surface area contributed by atoms with Crippen LogP contribution < -0.4 is 0 Å². The van der Waals surface area contributed by atoms with Crippen molar-refractivity contribution < 1.29 is 34.3 Å². The number of hydrogen-bond donors (Lipinski definition) is 0. The van der Waals surface area contributed by atoms with E-state index in [4.69, 9.17) is 0 Å². The van der Waals surface area contributed by atoms with Crippen molar-refractivity contribution in [1.29, 1.82) is 0 Å². The minimum atomic E-state index is -4.63. The molecule has 0 aromatic carbocycles. The molecule has 0 amide bonds. The Morgan fingerprint density at radius 2 is 0.347 bits per heavy atom. The van der Waals surface area contributed by atoms with E-state index in [1.807, 2.05) is 0 Å². The van der Waals surface area contributed by atoms with Crippen molar-refractivity contribution in [3.8, 4) is 0 Å². The summed E-state index contributed by atoms with van der Waals surface area (Å²) in [6, 6.07) is 0. The Kier molecular flexibility index (Phi) is 95.3. The molecular weight excluding hydrogens is 1310 g/mol. The van der Waals surface area contributed by atoms with E-state index in [9.17, 15) is 25.9 Å². The van der Waals surface area contributed by atoms with Crippen LogP contribution in [0, 0.1) is 11.8 Å². The first-order valence-electron chi connectivity index (χ1n) is 45.5. The summed E-state index contributed by atoms with van der Waals surface area (Å²) in [4.78, 5) is 0. The molecule has 0 radical (unpaired) electrons. The van der Waals surface area contributed by atoms with Crippen molar-refractivity contribution in [1.82, 2.24) is 0 Å². The van der Waals surface area contributed by atoms with Crippen LogP contribution in [0.1, 0.15) is 529 Å². The van der Waals surface area contributed by atoms with Gasteiger partial charge in [0.25, 0.3) is 0 Å². The summed E-state index contributed by atoms with van der Waals surface area (Å²) in [5, 5.41) is 0. The number of hydrogen-bond acceptors (Lipinski definition) is 8. The predicted octanol–water partition coefficient (Wildman–Crippen LogP) is 31.4. The zero-order chi connectivity index (χ0) is 73.0. The average Bonchev–Trinajstić information content (AvgIpc) is 1.15. The molecule has 0 N–H and O–H groups in total. The van der Waals surface area contributed by atoms with Gasteiger partial charge in [0.05, 0.1) is 13.2 Å². The van der Waals surface area contributed by atoms with Gasteiger partial charge in [0.15, 0.2) is 0 Å². The molecule has 600 valence electrons. The molecule has 0 saturated heterocycles. The van der Waals surface area contributed by atoms with Gasteiger partial charge in [0.1, 0.15) is 0 Å². The summed E-state index contributed by atoms with van der Waals surface area (Å²) < 4.78 is 75.4. The minimum Gasteiger partial charge on any atom is -0.726 e. The topological polar surface area (TPSA) is 133 Å². The summed E-state index contributed by atoms with van der Waals surface area (Å²) in [5.41, 5.74) is 0. The van der Waals surface area contributed by atoms with Gasteiger partial charge in [-0.15, -0.1) is 0 Å². The largest absolute Gasteiger partial charge is 2.00 e.